The average molecular weight is 279 g/mol. The second-order valence-corrected chi connectivity index (χ2v) is 5.20. The van der Waals surface area contributed by atoms with Gasteiger partial charge in [-0.05, 0) is 38.1 Å². The second kappa shape index (κ2) is 6.81. The predicted octanol–water partition coefficient (Wildman–Crippen LogP) is 1.47. The van der Waals surface area contributed by atoms with Crippen molar-refractivity contribution in [2.24, 2.45) is 0 Å². The highest BCUT2D eigenvalue weighted by Gasteiger charge is 2.21. The second-order valence-electron chi connectivity index (χ2n) is 5.20. The Morgan fingerprint density at radius 3 is 2.75 bits per heavy atom. The van der Waals surface area contributed by atoms with Gasteiger partial charge < -0.3 is 10.2 Å². The number of nitrogens with one attached hydrogen (secondary N) is 1. The fraction of sp³-hybridized carbons (Fsp3) is 0.533. The molecule has 0 unspecified atom stereocenters. The van der Waals surface area contributed by atoms with Crippen molar-refractivity contribution < 1.29 is 9.18 Å². The standard InChI is InChI=1S/C15H22FN3O/c1-3-19(14-6-4-13(16)5-7-14)15(20)11-18-9-8-17-12(2)10-18/h4-7,12,17H,3,8-11H2,1-2H3/t12-/m1/s1. The van der Waals surface area contributed by atoms with Gasteiger partial charge in [-0.25, -0.2) is 4.39 Å². The van der Waals surface area contributed by atoms with Crippen molar-refractivity contribution >= 4 is 11.6 Å². The number of benzene rings is 1. The largest absolute Gasteiger partial charge is 0.312 e. The summed E-state index contributed by atoms with van der Waals surface area (Å²) in [5, 5.41) is 3.36. The first-order chi connectivity index (χ1) is 9.60. The maximum atomic E-state index is 13.0. The van der Waals surface area contributed by atoms with Gasteiger partial charge in [0, 0.05) is 37.9 Å². The normalized spacial score (nSPS) is 19.9. The highest BCUT2D eigenvalue weighted by atomic mass is 19.1. The summed E-state index contributed by atoms with van der Waals surface area (Å²) >= 11 is 0. The fourth-order valence-electron chi connectivity index (χ4n) is 2.56. The van der Waals surface area contributed by atoms with Crippen LogP contribution in [0.4, 0.5) is 10.1 Å². The lowest BCUT2D eigenvalue weighted by molar-refractivity contribution is -0.119. The van der Waals surface area contributed by atoms with Gasteiger partial charge in [0.1, 0.15) is 5.82 Å². The molecule has 20 heavy (non-hydrogen) atoms. The monoisotopic (exact) mass is 279 g/mol. The van der Waals surface area contributed by atoms with Crippen molar-refractivity contribution in [2.45, 2.75) is 19.9 Å². The van der Waals surface area contributed by atoms with Gasteiger partial charge in [0.2, 0.25) is 5.91 Å². The predicted molar refractivity (Wildman–Crippen MR) is 78.3 cm³/mol. The van der Waals surface area contributed by atoms with Gasteiger partial charge in [0.25, 0.3) is 0 Å². The number of carbonyl (C=O) groups is 1. The molecule has 0 radical (unpaired) electrons. The molecule has 110 valence electrons. The molecule has 1 aliphatic rings. The first-order valence-corrected chi connectivity index (χ1v) is 7.12. The minimum atomic E-state index is -0.284. The Balaban J connectivity index is 2.00. The molecule has 0 saturated carbocycles. The van der Waals surface area contributed by atoms with Crippen molar-refractivity contribution in [3.8, 4) is 0 Å². The smallest absolute Gasteiger partial charge is 0.241 e. The minimum Gasteiger partial charge on any atom is -0.312 e. The molecule has 0 spiro atoms. The van der Waals surface area contributed by atoms with Crippen LogP contribution >= 0.6 is 0 Å². The average Bonchev–Trinajstić information content (AvgIpc) is 2.42. The van der Waals surface area contributed by atoms with Crippen LogP contribution in [0.25, 0.3) is 0 Å². The van der Waals surface area contributed by atoms with Gasteiger partial charge in [-0.15, -0.1) is 0 Å². The van der Waals surface area contributed by atoms with Crippen LogP contribution < -0.4 is 10.2 Å². The van der Waals surface area contributed by atoms with Crippen molar-refractivity contribution in [1.29, 1.82) is 0 Å². The molecule has 0 aromatic heterocycles. The van der Waals surface area contributed by atoms with E-state index < -0.39 is 0 Å². The third kappa shape index (κ3) is 3.77. The molecule has 1 heterocycles. The third-order valence-corrected chi connectivity index (χ3v) is 3.57. The van der Waals surface area contributed by atoms with Crippen molar-refractivity contribution in [2.75, 3.05) is 37.6 Å². The van der Waals surface area contributed by atoms with Crippen LogP contribution in [-0.4, -0.2) is 49.6 Å². The van der Waals surface area contributed by atoms with E-state index in [0.717, 1.165) is 25.3 Å². The van der Waals surface area contributed by atoms with E-state index in [1.165, 1.54) is 12.1 Å². The Hall–Kier alpha value is -1.46. The van der Waals surface area contributed by atoms with Gasteiger partial charge in [0.15, 0.2) is 0 Å². The summed E-state index contributed by atoms with van der Waals surface area (Å²) < 4.78 is 13.0. The molecule has 1 atom stereocenters. The van der Waals surface area contributed by atoms with Crippen LogP contribution in [0.2, 0.25) is 0 Å². The maximum absolute atomic E-state index is 13.0. The highest BCUT2D eigenvalue weighted by Crippen LogP contribution is 2.15. The van der Waals surface area contributed by atoms with Gasteiger partial charge in [-0.2, -0.15) is 0 Å². The van der Waals surface area contributed by atoms with Crippen molar-refractivity contribution in [3.05, 3.63) is 30.1 Å². The molecule has 4 nitrogen and oxygen atoms in total. The van der Waals surface area contributed by atoms with E-state index >= 15 is 0 Å². The Labute approximate surface area is 119 Å². The van der Waals surface area contributed by atoms with Crippen LogP contribution in [0.3, 0.4) is 0 Å². The molecule has 1 aromatic rings. The Bertz CT molecular complexity index is 449. The van der Waals surface area contributed by atoms with Crippen LogP contribution in [0.5, 0.6) is 0 Å². The van der Waals surface area contributed by atoms with E-state index in [4.69, 9.17) is 0 Å². The molecular formula is C15H22FN3O. The van der Waals surface area contributed by atoms with E-state index in [2.05, 4.69) is 17.1 Å². The zero-order chi connectivity index (χ0) is 14.5. The summed E-state index contributed by atoms with van der Waals surface area (Å²) in [6.07, 6.45) is 0. The molecule has 0 bridgehead atoms. The number of hydrogen-bond donors (Lipinski definition) is 1. The number of nitrogens with zero attached hydrogens (tertiary/aromatic N) is 2. The maximum Gasteiger partial charge on any atom is 0.241 e. The zero-order valence-electron chi connectivity index (χ0n) is 12.1. The number of hydrogen-bond acceptors (Lipinski definition) is 3. The van der Waals surface area contributed by atoms with Crippen LogP contribution in [0.1, 0.15) is 13.8 Å². The number of amides is 1. The number of carbonyl (C=O) groups excluding carboxylic acids is 1. The lowest BCUT2D eigenvalue weighted by atomic mass is 10.2. The van der Waals surface area contributed by atoms with Gasteiger partial charge in [-0.3, -0.25) is 9.69 Å². The molecule has 2 rings (SSSR count). The minimum absolute atomic E-state index is 0.0632. The van der Waals surface area contributed by atoms with E-state index in [9.17, 15) is 9.18 Å². The summed E-state index contributed by atoms with van der Waals surface area (Å²) in [7, 11) is 0. The number of halogens is 1. The summed E-state index contributed by atoms with van der Waals surface area (Å²) in [4.78, 5) is 16.3. The van der Waals surface area contributed by atoms with Crippen molar-refractivity contribution in [1.82, 2.24) is 10.2 Å². The van der Waals surface area contributed by atoms with Gasteiger partial charge in [0.05, 0.1) is 6.54 Å². The van der Waals surface area contributed by atoms with Crippen LogP contribution in [-0.2, 0) is 4.79 Å². The molecule has 1 N–H and O–H groups in total. The molecule has 1 saturated heterocycles. The number of anilines is 1. The summed E-state index contributed by atoms with van der Waals surface area (Å²) in [5.74, 6) is -0.221. The van der Waals surface area contributed by atoms with Gasteiger partial charge in [-0.1, -0.05) is 0 Å². The van der Waals surface area contributed by atoms with Crippen LogP contribution in [0.15, 0.2) is 24.3 Å². The lowest BCUT2D eigenvalue weighted by Crippen LogP contribution is -2.52. The van der Waals surface area contributed by atoms with Crippen LogP contribution in [0, 0.1) is 5.82 Å². The first-order valence-electron chi connectivity index (χ1n) is 7.12. The number of rotatable bonds is 4. The Kier molecular flexibility index (Phi) is 5.09. The summed E-state index contributed by atoms with van der Waals surface area (Å²) in [6, 6.07) is 6.49. The van der Waals surface area contributed by atoms with E-state index in [0.29, 0.717) is 19.1 Å². The number of likely N-dealkylation sites (N-methyl/N-ethyl adjacent to an activating group) is 1. The molecule has 1 fully saturated rings. The number of piperazine rings is 1. The molecule has 1 amide bonds. The zero-order valence-corrected chi connectivity index (χ0v) is 12.1. The SMILES string of the molecule is CCN(C(=O)CN1CCN[C@H](C)C1)c1ccc(F)cc1. The molecular weight excluding hydrogens is 257 g/mol. The fourth-order valence-corrected chi connectivity index (χ4v) is 2.56. The summed E-state index contributed by atoms with van der Waals surface area (Å²) in [6.45, 7) is 7.74. The molecule has 5 heteroatoms. The topological polar surface area (TPSA) is 35.6 Å². The Morgan fingerprint density at radius 1 is 1.45 bits per heavy atom. The Morgan fingerprint density at radius 2 is 2.15 bits per heavy atom. The van der Waals surface area contributed by atoms with Gasteiger partial charge >= 0.3 is 0 Å². The summed E-state index contributed by atoms with van der Waals surface area (Å²) in [5.41, 5.74) is 0.752. The molecule has 1 aromatic carbocycles. The van der Waals surface area contributed by atoms with E-state index in [-0.39, 0.29) is 11.7 Å². The lowest BCUT2D eigenvalue weighted by Gasteiger charge is -2.33. The van der Waals surface area contributed by atoms with E-state index in [1.54, 1.807) is 17.0 Å². The first kappa shape index (κ1) is 14.9. The highest BCUT2D eigenvalue weighted by molar-refractivity contribution is 5.94. The van der Waals surface area contributed by atoms with E-state index in [1.807, 2.05) is 6.92 Å². The van der Waals surface area contributed by atoms with Crippen molar-refractivity contribution in [3.63, 3.8) is 0 Å². The molecule has 0 aliphatic carbocycles. The molecule has 1 aliphatic heterocycles. The quantitative estimate of drug-likeness (QED) is 0.906. The third-order valence-electron chi connectivity index (χ3n) is 3.57.